The summed E-state index contributed by atoms with van der Waals surface area (Å²) in [5.41, 5.74) is 1.50. The summed E-state index contributed by atoms with van der Waals surface area (Å²) in [5.74, 6) is 0.0878. The van der Waals surface area contributed by atoms with Crippen molar-refractivity contribution in [2.45, 2.75) is 24.2 Å². The zero-order valence-corrected chi connectivity index (χ0v) is 15.2. The van der Waals surface area contributed by atoms with Gasteiger partial charge >= 0.3 is 0 Å². The van der Waals surface area contributed by atoms with Gasteiger partial charge in [0.1, 0.15) is 12.3 Å². The average Bonchev–Trinajstić information content (AvgIpc) is 2.91. The van der Waals surface area contributed by atoms with Gasteiger partial charge in [-0.2, -0.15) is 0 Å². The summed E-state index contributed by atoms with van der Waals surface area (Å²) in [5, 5.41) is 3.32. The molecule has 0 aliphatic carbocycles. The zero-order chi connectivity index (χ0) is 17.3. The predicted octanol–water partition coefficient (Wildman–Crippen LogP) is 2.93. The van der Waals surface area contributed by atoms with Crippen molar-refractivity contribution in [2.75, 3.05) is 23.0 Å². The number of thioether (sulfide) groups is 1. The quantitative estimate of drug-likeness (QED) is 0.846. The van der Waals surface area contributed by atoms with Gasteiger partial charge in [0.15, 0.2) is 11.2 Å². The van der Waals surface area contributed by atoms with E-state index < -0.39 is 6.10 Å². The van der Waals surface area contributed by atoms with Gasteiger partial charge in [0.2, 0.25) is 5.91 Å². The molecule has 24 heavy (non-hydrogen) atoms. The van der Waals surface area contributed by atoms with Crippen molar-refractivity contribution < 1.29 is 14.3 Å². The summed E-state index contributed by atoms with van der Waals surface area (Å²) in [6.07, 6.45) is 1.36. The molecular weight excluding hydrogens is 346 g/mol. The highest BCUT2D eigenvalue weighted by atomic mass is 32.2. The van der Waals surface area contributed by atoms with E-state index in [9.17, 15) is 9.59 Å². The lowest BCUT2D eigenvalue weighted by atomic mass is 10.2. The van der Waals surface area contributed by atoms with Crippen molar-refractivity contribution in [3.63, 3.8) is 0 Å². The molecule has 1 atom stereocenters. The number of para-hydroxylation sites is 2. The molecule has 8 heteroatoms. The Hall–Kier alpha value is -2.06. The van der Waals surface area contributed by atoms with Gasteiger partial charge in [-0.1, -0.05) is 23.5 Å². The number of hydrogen-bond donors (Lipinski definition) is 1. The first-order valence-electron chi connectivity index (χ1n) is 7.38. The van der Waals surface area contributed by atoms with Crippen molar-refractivity contribution in [3.8, 4) is 5.75 Å². The number of rotatable bonds is 4. The van der Waals surface area contributed by atoms with Crippen LogP contribution >= 0.6 is 23.1 Å². The lowest BCUT2D eigenvalue weighted by molar-refractivity contribution is -0.127. The van der Waals surface area contributed by atoms with Crippen LogP contribution in [0.2, 0.25) is 0 Å². The minimum atomic E-state index is -0.613. The number of carbonyl (C=O) groups excluding carboxylic acids is 2. The number of nitrogens with one attached hydrogen (secondary N) is 1. The second kappa shape index (κ2) is 6.82. The number of aryl methyl sites for hydroxylation is 1. The molecule has 3 rings (SSSR count). The molecule has 1 aliphatic heterocycles. The van der Waals surface area contributed by atoms with Crippen LogP contribution in [0, 0.1) is 6.92 Å². The molecule has 0 bridgehead atoms. The van der Waals surface area contributed by atoms with Gasteiger partial charge in [0.25, 0.3) is 5.91 Å². The number of benzene rings is 1. The van der Waals surface area contributed by atoms with Crippen molar-refractivity contribution in [3.05, 3.63) is 30.0 Å². The van der Waals surface area contributed by atoms with Gasteiger partial charge in [-0.3, -0.25) is 14.5 Å². The maximum atomic E-state index is 12.4. The number of nitrogens with zero attached hydrogens (tertiary/aromatic N) is 2. The molecule has 2 aromatic rings. The molecule has 1 aliphatic rings. The van der Waals surface area contributed by atoms with Crippen molar-refractivity contribution >= 4 is 45.7 Å². The molecule has 0 saturated heterocycles. The number of ether oxygens (including phenoxy) is 1. The Morgan fingerprint density at radius 3 is 2.92 bits per heavy atom. The topological polar surface area (TPSA) is 71.5 Å². The number of carbonyl (C=O) groups is 2. The normalized spacial score (nSPS) is 16.5. The predicted molar refractivity (Wildman–Crippen MR) is 96.1 cm³/mol. The van der Waals surface area contributed by atoms with Crippen LogP contribution in [0.4, 0.5) is 10.8 Å². The van der Waals surface area contributed by atoms with Crippen LogP contribution in [0.25, 0.3) is 0 Å². The second-order valence-corrected chi connectivity index (χ2v) is 7.37. The minimum Gasteiger partial charge on any atom is -0.479 e. The fourth-order valence-corrected chi connectivity index (χ4v) is 4.08. The standard InChI is InChI=1S/C16H17N3O3S2/c1-9-15(23-3)24-16(17-9)18-13(20)8-19-11-6-4-5-7-12(11)22-10(2)14(19)21/h4-7,10H,8H2,1-3H3,(H,17,18,20)/t10-/m0/s1. The Bertz CT molecular complexity index is 791. The Balaban J connectivity index is 1.76. The summed E-state index contributed by atoms with van der Waals surface area (Å²) in [6.45, 7) is 3.51. The van der Waals surface area contributed by atoms with E-state index in [0.717, 1.165) is 9.90 Å². The number of hydrogen-bond acceptors (Lipinski definition) is 6. The number of anilines is 2. The molecule has 1 N–H and O–H groups in total. The van der Waals surface area contributed by atoms with Gasteiger partial charge < -0.3 is 10.1 Å². The maximum Gasteiger partial charge on any atom is 0.268 e. The van der Waals surface area contributed by atoms with Crippen molar-refractivity contribution in [1.82, 2.24) is 4.98 Å². The van der Waals surface area contributed by atoms with Crippen LogP contribution in [0.5, 0.6) is 5.75 Å². The zero-order valence-electron chi connectivity index (χ0n) is 13.5. The van der Waals surface area contributed by atoms with Gasteiger partial charge in [0.05, 0.1) is 15.6 Å². The van der Waals surface area contributed by atoms with Crippen LogP contribution in [-0.4, -0.2) is 35.7 Å². The Morgan fingerprint density at radius 2 is 2.21 bits per heavy atom. The molecule has 0 unspecified atom stereocenters. The molecule has 126 valence electrons. The Morgan fingerprint density at radius 1 is 1.46 bits per heavy atom. The first-order valence-corrected chi connectivity index (χ1v) is 9.42. The Labute approximate surface area is 148 Å². The SMILES string of the molecule is CSc1sc(NC(=O)CN2C(=O)[C@H](C)Oc3ccccc32)nc1C. The lowest BCUT2D eigenvalue weighted by Crippen LogP contribution is -2.47. The van der Waals surface area contributed by atoms with Gasteiger partial charge in [0, 0.05) is 0 Å². The number of thiazole rings is 1. The molecule has 0 spiro atoms. The van der Waals surface area contributed by atoms with Crippen LogP contribution < -0.4 is 15.0 Å². The monoisotopic (exact) mass is 363 g/mol. The van der Waals surface area contributed by atoms with Crippen LogP contribution in [-0.2, 0) is 9.59 Å². The maximum absolute atomic E-state index is 12.4. The van der Waals surface area contributed by atoms with E-state index in [0.29, 0.717) is 16.6 Å². The molecule has 6 nitrogen and oxygen atoms in total. The summed E-state index contributed by atoms with van der Waals surface area (Å²) < 4.78 is 6.63. The third-order valence-electron chi connectivity index (χ3n) is 3.56. The molecule has 2 amide bonds. The number of fused-ring (bicyclic) bond motifs is 1. The van der Waals surface area contributed by atoms with Gasteiger partial charge in [-0.15, -0.1) is 11.8 Å². The second-order valence-electron chi connectivity index (χ2n) is 5.30. The van der Waals surface area contributed by atoms with E-state index in [1.165, 1.54) is 16.2 Å². The van der Waals surface area contributed by atoms with E-state index in [2.05, 4.69) is 10.3 Å². The highest BCUT2D eigenvalue weighted by Crippen LogP contribution is 2.34. The number of amides is 2. The largest absolute Gasteiger partial charge is 0.479 e. The van der Waals surface area contributed by atoms with E-state index in [4.69, 9.17) is 4.74 Å². The average molecular weight is 363 g/mol. The fraction of sp³-hybridized carbons (Fsp3) is 0.312. The lowest BCUT2D eigenvalue weighted by Gasteiger charge is -2.32. The fourth-order valence-electron chi connectivity index (χ4n) is 2.45. The summed E-state index contributed by atoms with van der Waals surface area (Å²) in [4.78, 5) is 30.5. The van der Waals surface area contributed by atoms with E-state index in [1.807, 2.05) is 25.3 Å². The van der Waals surface area contributed by atoms with Crippen molar-refractivity contribution in [1.29, 1.82) is 0 Å². The summed E-state index contributed by atoms with van der Waals surface area (Å²) >= 11 is 3.02. The first-order chi connectivity index (χ1) is 11.5. The molecular formula is C16H17N3O3S2. The number of aromatic nitrogens is 1. The molecule has 0 saturated carbocycles. The van der Waals surface area contributed by atoms with Crippen LogP contribution in [0.1, 0.15) is 12.6 Å². The van der Waals surface area contributed by atoms with E-state index in [1.54, 1.807) is 30.8 Å². The highest BCUT2D eigenvalue weighted by Gasteiger charge is 2.32. The Kier molecular flexibility index (Phi) is 4.77. The first kappa shape index (κ1) is 16.8. The van der Waals surface area contributed by atoms with Gasteiger partial charge in [-0.05, 0) is 32.2 Å². The summed E-state index contributed by atoms with van der Waals surface area (Å²) in [6, 6.07) is 7.21. The molecule has 1 aromatic carbocycles. The van der Waals surface area contributed by atoms with Crippen LogP contribution in [0.15, 0.2) is 28.5 Å². The van der Waals surface area contributed by atoms with E-state index >= 15 is 0 Å². The minimum absolute atomic E-state index is 0.0726. The molecule has 1 aromatic heterocycles. The molecule has 2 heterocycles. The highest BCUT2D eigenvalue weighted by molar-refractivity contribution is 8.00. The van der Waals surface area contributed by atoms with E-state index in [-0.39, 0.29) is 18.4 Å². The van der Waals surface area contributed by atoms with Crippen molar-refractivity contribution in [2.24, 2.45) is 0 Å². The third kappa shape index (κ3) is 3.25. The summed E-state index contributed by atoms with van der Waals surface area (Å²) in [7, 11) is 0. The van der Waals surface area contributed by atoms with Gasteiger partial charge in [-0.25, -0.2) is 4.98 Å². The molecule has 0 fully saturated rings. The molecule has 0 radical (unpaired) electrons. The third-order valence-corrected chi connectivity index (χ3v) is 5.84. The smallest absolute Gasteiger partial charge is 0.268 e. The van der Waals surface area contributed by atoms with Crippen LogP contribution in [0.3, 0.4) is 0 Å².